The average molecular weight is 481 g/mol. The van der Waals surface area contributed by atoms with Gasteiger partial charge in [0.15, 0.2) is 21.6 Å². The van der Waals surface area contributed by atoms with Crippen LogP contribution in [0.25, 0.3) is 0 Å². The molecule has 0 N–H and O–H groups in total. The summed E-state index contributed by atoms with van der Waals surface area (Å²) >= 11 is 7.18. The fourth-order valence-corrected chi connectivity index (χ4v) is 7.61. The summed E-state index contributed by atoms with van der Waals surface area (Å²) in [6.07, 6.45) is 0. The van der Waals surface area contributed by atoms with E-state index in [1.54, 1.807) is 24.3 Å². The van der Waals surface area contributed by atoms with Crippen molar-refractivity contribution in [1.29, 1.82) is 0 Å². The highest BCUT2D eigenvalue weighted by atomic mass is 35.5. The third kappa shape index (κ3) is 5.16. The fraction of sp³-hybridized carbons (Fsp3) is 0.333. The summed E-state index contributed by atoms with van der Waals surface area (Å²) in [5.74, 6) is 0.899. The van der Waals surface area contributed by atoms with Crippen LogP contribution in [-0.2, 0) is 14.6 Å². The first kappa shape index (κ1) is 22.0. The van der Waals surface area contributed by atoms with Crippen molar-refractivity contribution in [2.24, 2.45) is 4.99 Å². The Labute approximate surface area is 190 Å². The molecule has 164 valence electrons. The zero-order valence-corrected chi connectivity index (χ0v) is 19.1. The van der Waals surface area contributed by atoms with E-state index in [-0.39, 0.29) is 29.4 Å². The predicted molar refractivity (Wildman–Crippen MR) is 123 cm³/mol. The van der Waals surface area contributed by atoms with Gasteiger partial charge in [-0.3, -0.25) is 4.79 Å². The van der Waals surface area contributed by atoms with Gasteiger partial charge in [0.2, 0.25) is 0 Å². The average Bonchev–Trinajstić information content (AvgIpc) is 3.19. The normalized spacial score (nSPS) is 23.0. The summed E-state index contributed by atoms with van der Waals surface area (Å²) < 4.78 is 35.3. The molecule has 0 spiro atoms. The molecule has 2 fully saturated rings. The topological polar surface area (TPSA) is 85.3 Å². The maximum absolute atomic E-state index is 12.5. The van der Waals surface area contributed by atoms with E-state index in [1.165, 1.54) is 11.8 Å². The van der Waals surface area contributed by atoms with Gasteiger partial charge in [-0.25, -0.2) is 8.42 Å². The third-order valence-electron chi connectivity index (χ3n) is 4.89. The number of hydrogen-bond donors (Lipinski definition) is 0. The Morgan fingerprint density at radius 2 is 1.74 bits per heavy atom. The van der Waals surface area contributed by atoms with Gasteiger partial charge in [0.05, 0.1) is 24.2 Å². The molecule has 2 aliphatic rings. The molecular weight excluding hydrogens is 460 g/mol. The lowest BCUT2D eigenvalue weighted by molar-refractivity contribution is -0.119. The van der Waals surface area contributed by atoms with Gasteiger partial charge in [-0.2, -0.15) is 4.99 Å². The zero-order chi connectivity index (χ0) is 22.0. The van der Waals surface area contributed by atoms with Gasteiger partial charge in [0, 0.05) is 16.0 Å². The Morgan fingerprint density at radius 3 is 2.42 bits per heavy atom. The van der Waals surface area contributed by atoms with Gasteiger partial charge < -0.3 is 14.4 Å². The maximum Gasteiger partial charge on any atom is 0.285 e. The molecule has 0 saturated carbocycles. The fourth-order valence-electron chi connectivity index (χ4n) is 3.55. The number of fused-ring (bicyclic) bond motifs is 1. The number of benzene rings is 2. The molecule has 0 bridgehead atoms. The molecular formula is C21H21ClN2O5S2. The summed E-state index contributed by atoms with van der Waals surface area (Å²) in [6, 6.07) is 13.8. The van der Waals surface area contributed by atoms with Crippen LogP contribution in [0.4, 0.5) is 5.69 Å². The Hall–Kier alpha value is -2.23. The van der Waals surface area contributed by atoms with Gasteiger partial charge in [0.25, 0.3) is 5.91 Å². The number of sulfone groups is 1. The Balaban J connectivity index is 1.54. The molecule has 2 aromatic rings. The summed E-state index contributed by atoms with van der Waals surface area (Å²) in [5.41, 5.74) is 0.769. The molecule has 0 aromatic heterocycles. The van der Waals surface area contributed by atoms with Gasteiger partial charge in [-0.05, 0) is 55.5 Å². The Morgan fingerprint density at radius 1 is 1.10 bits per heavy atom. The van der Waals surface area contributed by atoms with E-state index in [0.29, 0.717) is 22.5 Å². The predicted octanol–water partition coefficient (Wildman–Crippen LogP) is 3.42. The monoisotopic (exact) mass is 480 g/mol. The molecule has 2 atom stereocenters. The lowest BCUT2D eigenvalue weighted by Crippen LogP contribution is -2.37. The summed E-state index contributed by atoms with van der Waals surface area (Å²) in [5, 5.41) is 0.896. The molecule has 0 aliphatic carbocycles. The second-order valence-electron chi connectivity index (χ2n) is 7.13. The second-order valence-corrected chi connectivity index (χ2v) is 10.9. The molecule has 2 aromatic carbocycles. The number of carbonyl (C=O) groups excluding carboxylic acids is 1. The van der Waals surface area contributed by atoms with Crippen molar-refractivity contribution in [3.05, 3.63) is 53.6 Å². The van der Waals surface area contributed by atoms with Crippen molar-refractivity contribution in [1.82, 2.24) is 0 Å². The first-order valence-electron chi connectivity index (χ1n) is 9.74. The number of hydrogen-bond acceptors (Lipinski definition) is 6. The smallest absolute Gasteiger partial charge is 0.285 e. The van der Waals surface area contributed by atoms with Crippen LogP contribution in [0, 0.1) is 0 Å². The second kappa shape index (κ2) is 9.10. The molecule has 10 heteroatoms. The summed E-state index contributed by atoms with van der Waals surface area (Å²) in [7, 11) is -3.13. The minimum atomic E-state index is -3.13. The largest absolute Gasteiger partial charge is 0.494 e. The molecule has 2 aliphatic heterocycles. The summed E-state index contributed by atoms with van der Waals surface area (Å²) in [6.45, 7) is 2.23. The van der Waals surface area contributed by atoms with E-state index in [4.69, 9.17) is 21.1 Å². The van der Waals surface area contributed by atoms with E-state index in [1.807, 2.05) is 36.1 Å². The maximum atomic E-state index is 12.5. The molecule has 0 unspecified atom stereocenters. The van der Waals surface area contributed by atoms with Crippen molar-refractivity contribution < 1.29 is 22.7 Å². The van der Waals surface area contributed by atoms with E-state index in [2.05, 4.69) is 4.99 Å². The quantitative estimate of drug-likeness (QED) is 0.626. The first-order chi connectivity index (χ1) is 14.8. The molecule has 7 nitrogen and oxygen atoms in total. The molecule has 4 rings (SSSR count). The Kier molecular flexibility index (Phi) is 6.45. The first-order valence-corrected chi connectivity index (χ1v) is 12.8. The summed E-state index contributed by atoms with van der Waals surface area (Å²) in [4.78, 5) is 18.6. The lowest BCUT2D eigenvalue weighted by atomic mass is 10.2. The molecule has 0 radical (unpaired) electrons. The number of thioether (sulfide) groups is 1. The minimum Gasteiger partial charge on any atom is -0.494 e. The molecule has 2 saturated heterocycles. The van der Waals surface area contributed by atoms with Gasteiger partial charge in [0.1, 0.15) is 11.5 Å². The molecule has 1 amide bonds. The number of amides is 1. The van der Waals surface area contributed by atoms with E-state index in [0.717, 1.165) is 11.4 Å². The number of carbonyl (C=O) groups is 1. The van der Waals surface area contributed by atoms with Crippen LogP contribution in [0.15, 0.2) is 53.5 Å². The van der Waals surface area contributed by atoms with Crippen LogP contribution in [0.3, 0.4) is 0 Å². The van der Waals surface area contributed by atoms with Crippen molar-refractivity contribution in [3.8, 4) is 11.5 Å². The number of amidine groups is 1. The van der Waals surface area contributed by atoms with Crippen LogP contribution in [-0.4, -0.2) is 55.5 Å². The van der Waals surface area contributed by atoms with Gasteiger partial charge in [-0.1, -0.05) is 23.4 Å². The van der Waals surface area contributed by atoms with Crippen LogP contribution in [0.2, 0.25) is 5.02 Å². The van der Waals surface area contributed by atoms with Crippen LogP contribution in [0.1, 0.15) is 6.92 Å². The highest BCUT2D eigenvalue weighted by Crippen LogP contribution is 2.41. The highest BCUT2D eigenvalue weighted by molar-refractivity contribution is 8.16. The van der Waals surface area contributed by atoms with Crippen molar-refractivity contribution in [2.45, 2.75) is 18.2 Å². The molecule has 31 heavy (non-hydrogen) atoms. The number of aliphatic imine (C=N–C) groups is 1. The standard InChI is InChI=1S/C21H21ClN2O5S2/c1-2-28-16-9-5-15(6-10-16)24-18-12-31(26,27)13-19(18)30-21(24)23-20(25)11-29-17-7-3-14(22)4-8-17/h3-10,18-19H,2,11-13H2,1H3/t18-,19+/m1/s1. The lowest BCUT2D eigenvalue weighted by Gasteiger charge is -2.24. The SMILES string of the molecule is CCOc1ccc(N2C(=NC(=O)COc3ccc(Cl)cc3)S[C@H]3CS(=O)(=O)C[C@H]32)cc1. The van der Waals surface area contributed by atoms with Crippen molar-refractivity contribution in [2.75, 3.05) is 29.6 Å². The third-order valence-corrected chi connectivity index (χ3v) is 8.35. The zero-order valence-electron chi connectivity index (χ0n) is 16.7. The van der Waals surface area contributed by atoms with E-state index < -0.39 is 15.7 Å². The van der Waals surface area contributed by atoms with Crippen molar-refractivity contribution >= 4 is 50.0 Å². The van der Waals surface area contributed by atoms with Crippen LogP contribution in [0.5, 0.6) is 11.5 Å². The number of nitrogens with zero attached hydrogens (tertiary/aromatic N) is 2. The number of anilines is 1. The van der Waals surface area contributed by atoms with E-state index in [9.17, 15) is 13.2 Å². The number of ether oxygens (including phenoxy) is 2. The number of rotatable bonds is 6. The van der Waals surface area contributed by atoms with E-state index >= 15 is 0 Å². The van der Waals surface area contributed by atoms with Gasteiger partial charge >= 0.3 is 0 Å². The van der Waals surface area contributed by atoms with Crippen LogP contribution >= 0.6 is 23.4 Å². The Bertz CT molecular complexity index is 1090. The van der Waals surface area contributed by atoms with Crippen LogP contribution < -0.4 is 14.4 Å². The van der Waals surface area contributed by atoms with Gasteiger partial charge in [-0.15, -0.1) is 0 Å². The van der Waals surface area contributed by atoms with Crippen molar-refractivity contribution in [3.63, 3.8) is 0 Å². The number of halogens is 1. The minimum absolute atomic E-state index is 0.0341. The highest BCUT2D eigenvalue weighted by Gasteiger charge is 2.49. The molecule has 2 heterocycles.